The van der Waals surface area contributed by atoms with Gasteiger partial charge in [-0.25, -0.2) is 0 Å². The van der Waals surface area contributed by atoms with Gasteiger partial charge in [0, 0.05) is 29.0 Å². The standard InChI is InChI=1S/C11H10BrN3O/c1-15-6-8(5-14-15)11(16)7-2-9(12)4-10(13)3-7/h2-6H,13H2,1H3. The van der Waals surface area contributed by atoms with Crippen LogP contribution in [0, 0.1) is 0 Å². The van der Waals surface area contributed by atoms with Crippen LogP contribution in [0.3, 0.4) is 0 Å². The Labute approximate surface area is 101 Å². The molecule has 2 aromatic rings. The van der Waals surface area contributed by atoms with Crippen molar-refractivity contribution in [2.75, 3.05) is 5.73 Å². The van der Waals surface area contributed by atoms with Crippen LogP contribution in [0.2, 0.25) is 0 Å². The van der Waals surface area contributed by atoms with Crippen LogP contribution in [0.4, 0.5) is 5.69 Å². The maximum absolute atomic E-state index is 12.0. The first-order chi connectivity index (χ1) is 7.56. The number of hydrogen-bond acceptors (Lipinski definition) is 3. The number of halogens is 1. The quantitative estimate of drug-likeness (QED) is 0.676. The van der Waals surface area contributed by atoms with Crippen LogP contribution in [0.5, 0.6) is 0 Å². The Morgan fingerprint density at radius 3 is 2.69 bits per heavy atom. The molecular formula is C11H10BrN3O. The summed E-state index contributed by atoms with van der Waals surface area (Å²) in [7, 11) is 1.77. The highest BCUT2D eigenvalue weighted by atomic mass is 79.9. The van der Waals surface area contributed by atoms with Gasteiger partial charge in [-0.2, -0.15) is 5.10 Å². The molecular weight excluding hydrogens is 270 g/mol. The maximum atomic E-state index is 12.0. The molecule has 0 fully saturated rings. The second kappa shape index (κ2) is 4.09. The molecule has 2 N–H and O–H groups in total. The Morgan fingerprint density at radius 2 is 2.12 bits per heavy atom. The van der Waals surface area contributed by atoms with Crippen molar-refractivity contribution in [2.45, 2.75) is 0 Å². The van der Waals surface area contributed by atoms with Gasteiger partial charge >= 0.3 is 0 Å². The number of carbonyl (C=O) groups is 1. The molecule has 1 heterocycles. The highest BCUT2D eigenvalue weighted by Crippen LogP contribution is 2.19. The molecule has 2 rings (SSSR count). The van der Waals surface area contributed by atoms with E-state index < -0.39 is 0 Å². The summed E-state index contributed by atoms with van der Waals surface area (Å²) in [6.45, 7) is 0. The smallest absolute Gasteiger partial charge is 0.196 e. The van der Waals surface area contributed by atoms with Crippen LogP contribution in [0.1, 0.15) is 15.9 Å². The lowest BCUT2D eigenvalue weighted by Gasteiger charge is -2.01. The number of nitrogen functional groups attached to an aromatic ring is 1. The summed E-state index contributed by atoms with van der Waals surface area (Å²) in [6.07, 6.45) is 3.22. The molecule has 0 aliphatic carbocycles. The van der Waals surface area contributed by atoms with Crippen molar-refractivity contribution >= 4 is 27.4 Å². The second-order valence-corrected chi connectivity index (χ2v) is 4.42. The topological polar surface area (TPSA) is 60.9 Å². The second-order valence-electron chi connectivity index (χ2n) is 3.51. The van der Waals surface area contributed by atoms with Crippen molar-refractivity contribution in [3.63, 3.8) is 0 Å². The predicted molar refractivity (Wildman–Crippen MR) is 65.2 cm³/mol. The van der Waals surface area contributed by atoms with Crippen LogP contribution < -0.4 is 5.73 Å². The monoisotopic (exact) mass is 279 g/mol. The molecule has 1 aromatic carbocycles. The Bertz CT molecular complexity index is 528. The average molecular weight is 280 g/mol. The Kier molecular flexibility index (Phi) is 2.78. The van der Waals surface area contributed by atoms with Gasteiger partial charge in [-0.15, -0.1) is 0 Å². The Hall–Kier alpha value is -1.62. The van der Waals surface area contributed by atoms with Crippen LogP contribution in [0.25, 0.3) is 0 Å². The number of hydrogen-bond donors (Lipinski definition) is 1. The summed E-state index contributed by atoms with van der Waals surface area (Å²) in [5.74, 6) is -0.0823. The Balaban J connectivity index is 2.41. The van der Waals surface area contributed by atoms with Gasteiger partial charge in [-0.05, 0) is 18.2 Å². The summed E-state index contributed by atoms with van der Waals surface area (Å²) in [5, 5.41) is 3.96. The minimum absolute atomic E-state index is 0.0823. The van der Waals surface area contributed by atoms with Gasteiger partial charge in [0.25, 0.3) is 0 Å². The number of rotatable bonds is 2. The molecule has 5 heteroatoms. The van der Waals surface area contributed by atoms with Gasteiger partial charge in [-0.3, -0.25) is 9.48 Å². The molecule has 0 bridgehead atoms. The maximum Gasteiger partial charge on any atom is 0.196 e. The third-order valence-corrected chi connectivity index (χ3v) is 2.61. The predicted octanol–water partition coefficient (Wildman–Crippen LogP) is 2.00. The van der Waals surface area contributed by atoms with Gasteiger partial charge < -0.3 is 5.73 Å². The third kappa shape index (κ3) is 2.14. The number of nitrogens with two attached hydrogens (primary N) is 1. The van der Waals surface area contributed by atoms with Crippen LogP contribution in [-0.2, 0) is 7.05 Å². The van der Waals surface area contributed by atoms with E-state index in [2.05, 4.69) is 21.0 Å². The van der Waals surface area contributed by atoms with Crippen molar-refractivity contribution < 1.29 is 4.79 Å². The Morgan fingerprint density at radius 1 is 1.38 bits per heavy atom. The van der Waals surface area contributed by atoms with Crippen molar-refractivity contribution in [2.24, 2.45) is 7.05 Å². The van der Waals surface area contributed by atoms with Crippen molar-refractivity contribution in [3.8, 4) is 0 Å². The summed E-state index contributed by atoms with van der Waals surface area (Å²) in [4.78, 5) is 12.0. The zero-order valence-electron chi connectivity index (χ0n) is 8.64. The first-order valence-corrected chi connectivity index (χ1v) is 5.45. The van der Waals surface area contributed by atoms with E-state index in [0.29, 0.717) is 16.8 Å². The molecule has 0 saturated carbocycles. The van der Waals surface area contributed by atoms with Crippen molar-refractivity contribution in [1.82, 2.24) is 9.78 Å². The van der Waals surface area contributed by atoms with Crippen molar-refractivity contribution in [3.05, 3.63) is 46.2 Å². The molecule has 0 saturated heterocycles. The fourth-order valence-electron chi connectivity index (χ4n) is 1.45. The van der Waals surface area contributed by atoms with E-state index in [4.69, 9.17) is 5.73 Å². The molecule has 16 heavy (non-hydrogen) atoms. The fourth-order valence-corrected chi connectivity index (χ4v) is 1.96. The number of benzene rings is 1. The normalized spacial score (nSPS) is 10.4. The van der Waals surface area contributed by atoms with Gasteiger partial charge in [0.15, 0.2) is 5.78 Å². The van der Waals surface area contributed by atoms with Gasteiger partial charge in [0.2, 0.25) is 0 Å². The summed E-state index contributed by atoms with van der Waals surface area (Å²) < 4.78 is 2.38. The molecule has 0 atom stereocenters. The minimum Gasteiger partial charge on any atom is -0.399 e. The number of anilines is 1. The lowest BCUT2D eigenvalue weighted by molar-refractivity contribution is 0.103. The third-order valence-electron chi connectivity index (χ3n) is 2.15. The lowest BCUT2D eigenvalue weighted by Crippen LogP contribution is -2.01. The fraction of sp³-hybridized carbons (Fsp3) is 0.0909. The molecule has 0 unspecified atom stereocenters. The zero-order valence-corrected chi connectivity index (χ0v) is 10.2. The average Bonchev–Trinajstić information content (AvgIpc) is 2.62. The molecule has 4 nitrogen and oxygen atoms in total. The van der Waals surface area contributed by atoms with E-state index in [1.165, 1.54) is 0 Å². The number of carbonyl (C=O) groups excluding carboxylic acids is 1. The lowest BCUT2D eigenvalue weighted by atomic mass is 10.1. The van der Waals surface area contributed by atoms with E-state index in [9.17, 15) is 4.79 Å². The highest BCUT2D eigenvalue weighted by Gasteiger charge is 2.11. The zero-order chi connectivity index (χ0) is 11.7. The molecule has 0 spiro atoms. The highest BCUT2D eigenvalue weighted by molar-refractivity contribution is 9.10. The summed E-state index contributed by atoms with van der Waals surface area (Å²) in [5.41, 5.74) is 7.35. The van der Waals surface area contributed by atoms with Crippen LogP contribution >= 0.6 is 15.9 Å². The van der Waals surface area contributed by atoms with E-state index >= 15 is 0 Å². The number of ketones is 1. The molecule has 1 aromatic heterocycles. The van der Waals surface area contributed by atoms with E-state index in [-0.39, 0.29) is 5.78 Å². The first kappa shape index (κ1) is 10.9. The largest absolute Gasteiger partial charge is 0.399 e. The van der Waals surface area contributed by atoms with Crippen molar-refractivity contribution in [1.29, 1.82) is 0 Å². The number of aryl methyl sites for hydroxylation is 1. The molecule has 0 amide bonds. The SMILES string of the molecule is Cn1cc(C(=O)c2cc(N)cc(Br)c2)cn1. The molecule has 0 radical (unpaired) electrons. The van der Waals surface area contributed by atoms with Gasteiger partial charge in [0.05, 0.1) is 11.8 Å². The number of nitrogens with zero attached hydrogens (tertiary/aromatic N) is 2. The molecule has 0 aliphatic rings. The van der Waals surface area contributed by atoms with E-state index in [0.717, 1.165) is 4.47 Å². The van der Waals surface area contributed by atoms with Gasteiger partial charge in [-0.1, -0.05) is 15.9 Å². The summed E-state index contributed by atoms with van der Waals surface area (Å²) in [6, 6.07) is 5.14. The van der Waals surface area contributed by atoms with E-state index in [1.54, 1.807) is 42.3 Å². The van der Waals surface area contributed by atoms with Crippen LogP contribution in [0.15, 0.2) is 35.1 Å². The first-order valence-electron chi connectivity index (χ1n) is 4.65. The molecule has 82 valence electrons. The summed E-state index contributed by atoms with van der Waals surface area (Å²) >= 11 is 3.31. The van der Waals surface area contributed by atoms with Gasteiger partial charge in [0.1, 0.15) is 0 Å². The number of aromatic nitrogens is 2. The molecule has 0 aliphatic heterocycles. The van der Waals surface area contributed by atoms with Crippen LogP contribution in [-0.4, -0.2) is 15.6 Å². The minimum atomic E-state index is -0.0823. The van der Waals surface area contributed by atoms with E-state index in [1.807, 2.05) is 0 Å².